The highest BCUT2D eigenvalue weighted by molar-refractivity contribution is 8.01. The summed E-state index contributed by atoms with van der Waals surface area (Å²) in [6.45, 7) is 9.90. The smallest absolute Gasteiger partial charge is 0.266 e. The van der Waals surface area contributed by atoms with Crippen molar-refractivity contribution in [2.75, 3.05) is 11.1 Å². The number of rotatable bonds is 7. The summed E-state index contributed by atoms with van der Waals surface area (Å²) in [7, 11) is 0. The highest BCUT2D eigenvalue weighted by Gasteiger charge is 2.18. The number of aromatic nitrogens is 2. The number of hydrogen-bond acceptors (Lipinski definition) is 6. The Balaban J connectivity index is 1.98. The lowest BCUT2D eigenvalue weighted by atomic mass is 10.1. The van der Waals surface area contributed by atoms with Crippen LogP contribution in [0, 0.1) is 20.8 Å². The SMILES string of the molecule is CCCSc1nnc(NC(=O)[C@H](C)Oc2cc(C)cc(C)c2C)s1. The van der Waals surface area contributed by atoms with E-state index in [0.29, 0.717) is 5.13 Å². The third-order valence-electron chi connectivity index (χ3n) is 3.50. The van der Waals surface area contributed by atoms with Crippen molar-refractivity contribution in [3.05, 3.63) is 28.8 Å². The van der Waals surface area contributed by atoms with E-state index in [9.17, 15) is 4.79 Å². The van der Waals surface area contributed by atoms with Crippen LogP contribution >= 0.6 is 23.1 Å². The first-order valence-corrected chi connectivity index (χ1v) is 9.72. The van der Waals surface area contributed by atoms with E-state index >= 15 is 0 Å². The molecule has 130 valence electrons. The van der Waals surface area contributed by atoms with Gasteiger partial charge in [0.05, 0.1) is 0 Å². The molecule has 0 aliphatic rings. The predicted octanol–water partition coefficient (Wildman–Crippen LogP) is 4.37. The minimum atomic E-state index is -0.611. The van der Waals surface area contributed by atoms with Gasteiger partial charge in [0.25, 0.3) is 5.91 Å². The summed E-state index contributed by atoms with van der Waals surface area (Å²) in [5.41, 5.74) is 3.32. The molecule has 0 fully saturated rings. The zero-order chi connectivity index (χ0) is 17.7. The van der Waals surface area contributed by atoms with E-state index in [1.54, 1.807) is 18.7 Å². The molecule has 0 unspecified atom stereocenters. The van der Waals surface area contributed by atoms with Crippen molar-refractivity contribution < 1.29 is 9.53 Å². The minimum Gasteiger partial charge on any atom is -0.481 e. The number of carbonyl (C=O) groups excluding carboxylic acids is 1. The van der Waals surface area contributed by atoms with Crippen LogP contribution in [-0.4, -0.2) is 28.0 Å². The standard InChI is InChI=1S/C17H23N3O2S2/c1-6-7-23-17-20-19-16(24-17)18-15(21)13(5)22-14-9-10(2)8-11(3)12(14)4/h8-9,13H,6-7H2,1-5H3,(H,18,19,21)/t13-/m0/s1. The van der Waals surface area contributed by atoms with Gasteiger partial charge in [-0.3, -0.25) is 10.1 Å². The van der Waals surface area contributed by atoms with Crippen LogP contribution in [0.1, 0.15) is 37.0 Å². The molecule has 2 aromatic rings. The number of anilines is 1. The molecule has 1 aromatic carbocycles. The van der Waals surface area contributed by atoms with Gasteiger partial charge in [-0.2, -0.15) is 0 Å². The van der Waals surface area contributed by atoms with Crippen molar-refractivity contribution in [2.24, 2.45) is 0 Å². The van der Waals surface area contributed by atoms with Crippen molar-refractivity contribution in [1.29, 1.82) is 0 Å². The lowest BCUT2D eigenvalue weighted by Crippen LogP contribution is -2.30. The Bertz CT molecular complexity index is 716. The number of thioether (sulfide) groups is 1. The number of carbonyl (C=O) groups is 1. The van der Waals surface area contributed by atoms with E-state index < -0.39 is 6.10 Å². The molecule has 1 amide bonds. The zero-order valence-corrected chi connectivity index (χ0v) is 16.3. The molecule has 0 saturated heterocycles. The topological polar surface area (TPSA) is 64.1 Å². The number of hydrogen-bond donors (Lipinski definition) is 1. The van der Waals surface area contributed by atoms with Gasteiger partial charge in [0, 0.05) is 5.75 Å². The van der Waals surface area contributed by atoms with Crippen molar-refractivity contribution in [1.82, 2.24) is 10.2 Å². The van der Waals surface area contributed by atoms with Gasteiger partial charge in [-0.1, -0.05) is 36.1 Å². The van der Waals surface area contributed by atoms with Gasteiger partial charge >= 0.3 is 0 Å². The van der Waals surface area contributed by atoms with Crippen LogP contribution in [-0.2, 0) is 4.79 Å². The first kappa shape index (κ1) is 18.7. The summed E-state index contributed by atoms with van der Waals surface area (Å²) >= 11 is 3.03. The molecule has 2 rings (SSSR count). The summed E-state index contributed by atoms with van der Waals surface area (Å²) in [5, 5.41) is 11.3. The quantitative estimate of drug-likeness (QED) is 0.583. The van der Waals surface area contributed by atoms with E-state index in [1.807, 2.05) is 26.8 Å². The number of amides is 1. The van der Waals surface area contributed by atoms with Crippen LogP contribution in [0.2, 0.25) is 0 Å². The number of nitrogens with one attached hydrogen (secondary N) is 1. The molecule has 1 aromatic heterocycles. The Hall–Kier alpha value is -1.60. The first-order valence-electron chi connectivity index (χ1n) is 7.92. The number of nitrogens with zero attached hydrogens (tertiary/aromatic N) is 2. The minimum absolute atomic E-state index is 0.225. The normalized spacial score (nSPS) is 12.0. The van der Waals surface area contributed by atoms with Gasteiger partial charge in [-0.05, 0) is 56.9 Å². The van der Waals surface area contributed by atoms with Crippen LogP contribution in [0.4, 0.5) is 5.13 Å². The fourth-order valence-corrected chi connectivity index (χ4v) is 3.76. The van der Waals surface area contributed by atoms with Gasteiger partial charge in [0.15, 0.2) is 10.4 Å². The van der Waals surface area contributed by atoms with E-state index in [-0.39, 0.29) is 5.91 Å². The Labute approximate surface area is 151 Å². The molecule has 0 aliphatic heterocycles. The van der Waals surface area contributed by atoms with Crippen LogP contribution in [0.15, 0.2) is 16.5 Å². The average molecular weight is 366 g/mol. The summed E-state index contributed by atoms with van der Waals surface area (Å²) < 4.78 is 6.72. The molecule has 7 heteroatoms. The molecule has 0 bridgehead atoms. The van der Waals surface area contributed by atoms with Gasteiger partial charge in [0.2, 0.25) is 5.13 Å². The predicted molar refractivity (Wildman–Crippen MR) is 100 cm³/mol. The number of aryl methyl sites for hydroxylation is 2. The largest absolute Gasteiger partial charge is 0.481 e. The summed E-state index contributed by atoms with van der Waals surface area (Å²) in [4.78, 5) is 12.3. The third-order valence-corrected chi connectivity index (χ3v) is 5.68. The lowest BCUT2D eigenvalue weighted by molar-refractivity contribution is -0.122. The van der Waals surface area contributed by atoms with Crippen molar-refractivity contribution in [3.63, 3.8) is 0 Å². The van der Waals surface area contributed by atoms with Gasteiger partial charge in [-0.25, -0.2) is 0 Å². The summed E-state index contributed by atoms with van der Waals surface area (Å²) in [5.74, 6) is 1.51. The molecule has 0 radical (unpaired) electrons. The van der Waals surface area contributed by atoms with Crippen LogP contribution in [0.5, 0.6) is 5.75 Å². The molecule has 1 heterocycles. The van der Waals surface area contributed by atoms with Crippen LogP contribution < -0.4 is 10.1 Å². The second-order valence-electron chi connectivity index (χ2n) is 5.68. The van der Waals surface area contributed by atoms with E-state index in [2.05, 4.69) is 28.5 Å². The molecule has 0 aliphatic carbocycles. The molecular formula is C17H23N3O2S2. The van der Waals surface area contributed by atoms with Gasteiger partial charge in [0.1, 0.15) is 5.75 Å². The Kier molecular flexibility index (Phi) is 6.62. The number of ether oxygens (including phenoxy) is 1. The Morgan fingerprint density at radius 2 is 2.08 bits per heavy atom. The lowest BCUT2D eigenvalue weighted by Gasteiger charge is -2.17. The molecule has 5 nitrogen and oxygen atoms in total. The first-order chi connectivity index (χ1) is 11.4. The van der Waals surface area contributed by atoms with Crippen LogP contribution in [0.25, 0.3) is 0 Å². The highest BCUT2D eigenvalue weighted by atomic mass is 32.2. The average Bonchev–Trinajstić information content (AvgIpc) is 2.97. The zero-order valence-electron chi connectivity index (χ0n) is 14.7. The van der Waals surface area contributed by atoms with E-state index in [0.717, 1.165) is 39.0 Å². The molecule has 0 spiro atoms. The van der Waals surface area contributed by atoms with Crippen LogP contribution in [0.3, 0.4) is 0 Å². The molecule has 1 atom stereocenters. The second-order valence-corrected chi connectivity index (χ2v) is 8.00. The van der Waals surface area contributed by atoms with E-state index in [4.69, 9.17) is 4.74 Å². The monoisotopic (exact) mass is 365 g/mol. The molecular weight excluding hydrogens is 342 g/mol. The van der Waals surface area contributed by atoms with Crippen molar-refractivity contribution in [2.45, 2.75) is 51.5 Å². The van der Waals surface area contributed by atoms with Crippen molar-refractivity contribution in [3.8, 4) is 5.75 Å². The number of benzene rings is 1. The van der Waals surface area contributed by atoms with Gasteiger partial charge < -0.3 is 4.74 Å². The molecule has 1 N–H and O–H groups in total. The maximum atomic E-state index is 12.3. The maximum absolute atomic E-state index is 12.3. The second kappa shape index (κ2) is 8.48. The molecule has 0 saturated carbocycles. The Morgan fingerprint density at radius 1 is 1.33 bits per heavy atom. The fraction of sp³-hybridized carbons (Fsp3) is 0.471. The van der Waals surface area contributed by atoms with Gasteiger partial charge in [-0.15, -0.1) is 10.2 Å². The summed E-state index contributed by atoms with van der Waals surface area (Å²) in [6, 6.07) is 4.06. The Morgan fingerprint density at radius 3 is 2.79 bits per heavy atom. The molecule has 24 heavy (non-hydrogen) atoms. The fourth-order valence-electron chi connectivity index (χ4n) is 2.08. The maximum Gasteiger partial charge on any atom is 0.266 e. The summed E-state index contributed by atoms with van der Waals surface area (Å²) in [6.07, 6.45) is 0.465. The highest BCUT2D eigenvalue weighted by Crippen LogP contribution is 2.27. The van der Waals surface area contributed by atoms with Crippen molar-refractivity contribution >= 4 is 34.1 Å². The van der Waals surface area contributed by atoms with E-state index in [1.165, 1.54) is 11.3 Å². The third kappa shape index (κ3) is 4.95.